The molecular formula is C14H15NO5S. The highest BCUT2D eigenvalue weighted by Gasteiger charge is 2.20. The van der Waals surface area contributed by atoms with Crippen molar-refractivity contribution in [3.63, 3.8) is 0 Å². The number of rotatable bonds is 5. The smallest absolute Gasteiger partial charge is 0.312 e. The van der Waals surface area contributed by atoms with Gasteiger partial charge in [-0.15, -0.1) is 0 Å². The standard InChI is InChI=1S/C14H15NO5S/c1-15(19-2)14(16)13-9-8-11(20-13)10-21(17,18)12-6-4-3-5-7-12/h3-9H,10H2,1-2H3. The molecule has 1 aromatic heterocycles. The van der Waals surface area contributed by atoms with E-state index in [1.165, 1.54) is 38.4 Å². The summed E-state index contributed by atoms with van der Waals surface area (Å²) in [6.07, 6.45) is 0. The molecule has 0 spiro atoms. The second kappa shape index (κ2) is 6.11. The van der Waals surface area contributed by atoms with Gasteiger partial charge in [-0.25, -0.2) is 13.5 Å². The molecule has 0 saturated carbocycles. The van der Waals surface area contributed by atoms with E-state index in [1.807, 2.05) is 0 Å². The first-order valence-electron chi connectivity index (χ1n) is 6.13. The third kappa shape index (κ3) is 3.50. The van der Waals surface area contributed by atoms with Crippen LogP contribution < -0.4 is 0 Å². The Morgan fingerprint density at radius 2 is 1.86 bits per heavy atom. The van der Waals surface area contributed by atoms with Crippen LogP contribution in [0.15, 0.2) is 51.8 Å². The summed E-state index contributed by atoms with van der Waals surface area (Å²) in [5.41, 5.74) is 0. The molecule has 2 aromatic rings. The van der Waals surface area contributed by atoms with Gasteiger partial charge in [-0.3, -0.25) is 9.63 Å². The van der Waals surface area contributed by atoms with E-state index in [0.29, 0.717) is 0 Å². The molecule has 0 N–H and O–H groups in total. The van der Waals surface area contributed by atoms with Crippen LogP contribution >= 0.6 is 0 Å². The van der Waals surface area contributed by atoms with Crippen LogP contribution in [0.4, 0.5) is 0 Å². The molecule has 0 unspecified atom stereocenters. The van der Waals surface area contributed by atoms with Crippen LogP contribution in [0.1, 0.15) is 16.3 Å². The van der Waals surface area contributed by atoms with E-state index in [2.05, 4.69) is 0 Å². The van der Waals surface area contributed by atoms with Crippen LogP contribution in [0.2, 0.25) is 0 Å². The highest BCUT2D eigenvalue weighted by molar-refractivity contribution is 7.90. The summed E-state index contributed by atoms with van der Waals surface area (Å²) in [7, 11) is -0.717. The lowest BCUT2D eigenvalue weighted by atomic mass is 10.4. The van der Waals surface area contributed by atoms with E-state index in [4.69, 9.17) is 9.25 Å². The second-order valence-electron chi connectivity index (χ2n) is 4.32. The Morgan fingerprint density at radius 3 is 2.48 bits per heavy atom. The lowest BCUT2D eigenvalue weighted by Crippen LogP contribution is -2.24. The van der Waals surface area contributed by atoms with Gasteiger partial charge in [0, 0.05) is 7.05 Å². The quantitative estimate of drug-likeness (QED) is 0.788. The molecule has 0 aliphatic rings. The van der Waals surface area contributed by atoms with Gasteiger partial charge in [-0.2, -0.15) is 0 Å². The van der Waals surface area contributed by atoms with Gasteiger partial charge in [0.1, 0.15) is 11.5 Å². The monoisotopic (exact) mass is 309 g/mol. The third-order valence-corrected chi connectivity index (χ3v) is 4.52. The van der Waals surface area contributed by atoms with E-state index in [0.717, 1.165) is 5.06 Å². The SMILES string of the molecule is CON(C)C(=O)c1ccc(CS(=O)(=O)c2ccccc2)o1. The van der Waals surface area contributed by atoms with Gasteiger partial charge in [0.25, 0.3) is 0 Å². The van der Waals surface area contributed by atoms with Crippen molar-refractivity contribution in [2.24, 2.45) is 0 Å². The van der Waals surface area contributed by atoms with Gasteiger partial charge in [0.05, 0.1) is 12.0 Å². The number of hydrogen-bond acceptors (Lipinski definition) is 5. The summed E-state index contributed by atoms with van der Waals surface area (Å²) in [5.74, 6) is -0.564. The number of benzene rings is 1. The first-order valence-corrected chi connectivity index (χ1v) is 7.78. The Bertz CT molecular complexity index is 721. The maximum absolute atomic E-state index is 12.2. The fourth-order valence-corrected chi connectivity index (χ4v) is 2.98. The van der Waals surface area contributed by atoms with E-state index < -0.39 is 15.7 Å². The van der Waals surface area contributed by atoms with Crippen molar-refractivity contribution in [2.45, 2.75) is 10.6 Å². The van der Waals surface area contributed by atoms with Crippen molar-refractivity contribution in [1.82, 2.24) is 5.06 Å². The predicted octanol–water partition coefficient (Wildman–Crippen LogP) is 1.89. The number of amides is 1. The highest BCUT2D eigenvalue weighted by Crippen LogP contribution is 2.18. The van der Waals surface area contributed by atoms with Crippen molar-refractivity contribution in [2.75, 3.05) is 14.2 Å². The normalized spacial score (nSPS) is 11.3. The molecule has 7 heteroatoms. The number of nitrogens with zero attached hydrogens (tertiary/aromatic N) is 1. The Morgan fingerprint density at radius 1 is 1.19 bits per heavy atom. The number of carbonyl (C=O) groups is 1. The zero-order valence-corrected chi connectivity index (χ0v) is 12.5. The molecule has 21 heavy (non-hydrogen) atoms. The summed E-state index contributed by atoms with van der Waals surface area (Å²) < 4.78 is 29.7. The van der Waals surface area contributed by atoms with Gasteiger partial charge in [0.2, 0.25) is 0 Å². The van der Waals surface area contributed by atoms with Crippen molar-refractivity contribution in [1.29, 1.82) is 0 Å². The van der Waals surface area contributed by atoms with Crippen molar-refractivity contribution < 1.29 is 22.5 Å². The molecule has 0 fully saturated rings. The molecule has 1 aromatic carbocycles. The van der Waals surface area contributed by atoms with Gasteiger partial charge >= 0.3 is 5.91 Å². The average Bonchev–Trinajstić information content (AvgIpc) is 2.94. The van der Waals surface area contributed by atoms with Crippen LogP contribution in [-0.2, 0) is 20.4 Å². The van der Waals surface area contributed by atoms with Crippen molar-refractivity contribution in [3.8, 4) is 0 Å². The molecule has 2 rings (SSSR count). The fraction of sp³-hybridized carbons (Fsp3) is 0.214. The summed E-state index contributed by atoms with van der Waals surface area (Å²) >= 11 is 0. The van der Waals surface area contributed by atoms with E-state index in [1.54, 1.807) is 18.2 Å². The fourth-order valence-electron chi connectivity index (χ4n) is 1.71. The van der Waals surface area contributed by atoms with Crippen molar-refractivity contribution in [3.05, 3.63) is 54.0 Å². The summed E-state index contributed by atoms with van der Waals surface area (Å²) in [5, 5.41) is 0.994. The lowest BCUT2D eigenvalue weighted by Gasteiger charge is -2.11. The first kappa shape index (κ1) is 15.3. The maximum atomic E-state index is 12.2. The Balaban J connectivity index is 2.18. The van der Waals surface area contributed by atoms with E-state index in [-0.39, 0.29) is 22.2 Å². The minimum Gasteiger partial charge on any atom is -0.455 e. The molecule has 6 nitrogen and oxygen atoms in total. The molecule has 0 saturated heterocycles. The Hall–Kier alpha value is -2.12. The van der Waals surface area contributed by atoms with Crippen LogP contribution in [0.5, 0.6) is 0 Å². The van der Waals surface area contributed by atoms with Gasteiger partial charge < -0.3 is 4.42 Å². The number of carbonyl (C=O) groups excluding carboxylic acids is 1. The number of hydrogen-bond donors (Lipinski definition) is 0. The summed E-state index contributed by atoms with van der Waals surface area (Å²) in [6, 6.07) is 11.0. The number of furan rings is 1. The first-order chi connectivity index (χ1) is 9.94. The number of hydroxylamine groups is 2. The maximum Gasteiger partial charge on any atom is 0.312 e. The number of sulfone groups is 1. The molecule has 1 amide bonds. The van der Waals surface area contributed by atoms with Gasteiger partial charge in [0.15, 0.2) is 15.6 Å². The zero-order valence-electron chi connectivity index (χ0n) is 11.6. The highest BCUT2D eigenvalue weighted by atomic mass is 32.2. The molecule has 0 bridgehead atoms. The van der Waals surface area contributed by atoms with Crippen LogP contribution in [-0.4, -0.2) is 33.5 Å². The largest absolute Gasteiger partial charge is 0.455 e. The zero-order chi connectivity index (χ0) is 15.5. The molecular weight excluding hydrogens is 294 g/mol. The Labute approximate surface area is 122 Å². The average molecular weight is 309 g/mol. The third-order valence-electron chi connectivity index (χ3n) is 2.87. The van der Waals surface area contributed by atoms with Gasteiger partial charge in [-0.1, -0.05) is 18.2 Å². The van der Waals surface area contributed by atoms with E-state index in [9.17, 15) is 13.2 Å². The lowest BCUT2D eigenvalue weighted by molar-refractivity contribution is -0.0773. The van der Waals surface area contributed by atoms with Gasteiger partial charge in [-0.05, 0) is 24.3 Å². The summed E-state index contributed by atoms with van der Waals surface area (Å²) in [4.78, 5) is 16.7. The predicted molar refractivity (Wildman–Crippen MR) is 75.1 cm³/mol. The molecule has 0 atom stereocenters. The molecule has 1 heterocycles. The molecule has 112 valence electrons. The topological polar surface area (TPSA) is 76.8 Å². The van der Waals surface area contributed by atoms with Crippen molar-refractivity contribution >= 4 is 15.7 Å². The van der Waals surface area contributed by atoms with Crippen LogP contribution in [0.25, 0.3) is 0 Å². The van der Waals surface area contributed by atoms with E-state index >= 15 is 0 Å². The van der Waals surface area contributed by atoms with Crippen LogP contribution in [0, 0.1) is 0 Å². The molecule has 0 aliphatic carbocycles. The minimum absolute atomic E-state index is 0.0256. The Kier molecular flexibility index (Phi) is 4.44. The second-order valence-corrected chi connectivity index (χ2v) is 6.31. The summed E-state index contributed by atoms with van der Waals surface area (Å²) in [6.45, 7) is 0. The molecule has 0 aliphatic heterocycles. The van der Waals surface area contributed by atoms with Crippen LogP contribution in [0.3, 0.4) is 0 Å². The molecule has 0 radical (unpaired) electrons. The minimum atomic E-state index is -3.50.